The molecule has 3 heteroatoms. The molecular weight excluding hydrogens is 146 g/mol. The van der Waals surface area contributed by atoms with Gasteiger partial charge in [0.2, 0.25) is 0 Å². The van der Waals surface area contributed by atoms with Crippen LogP contribution in [0.5, 0.6) is 0 Å². The summed E-state index contributed by atoms with van der Waals surface area (Å²) in [5.41, 5.74) is 0. The Balaban J connectivity index is 1.91. The fourth-order valence-corrected chi connectivity index (χ4v) is 2.60. The van der Waals surface area contributed by atoms with E-state index in [1.54, 1.807) is 0 Å². The van der Waals surface area contributed by atoms with Gasteiger partial charge in [0.15, 0.2) is 0 Å². The molecule has 1 fully saturated rings. The first-order valence-corrected chi connectivity index (χ1v) is 4.98. The first-order chi connectivity index (χ1) is 4.93. The molecule has 0 aliphatic carbocycles. The summed E-state index contributed by atoms with van der Waals surface area (Å²) in [5.74, 6) is 8.56. The summed E-state index contributed by atoms with van der Waals surface area (Å²) in [6, 6.07) is 0. The van der Waals surface area contributed by atoms with E-state index < -0.39 is 0 Å². The van der Waals surface area contributed by atoms with Gasteiger partial charge in [-0.3, -0.25) is 0 Å². The van der Waals surface area contributed by atoms with E-state index in [0.717, 1.165) is 18.9 Å². The molecule has 0 aromatic rings. The third-order valence-electron chi connectivity index (χ3n) is 1.90. The Bertz CT molecular complexity index is 83.7. The molecule has 0 bridgehead atoms. The van der Waals surface area contributed by atoms with Crippen LogP contribution in [0.25, 0.3) is 0 Å². The maximum absolute atomic E-state index is 4.91. The minimum absolute atomic E-state index is 0.723. The van der Waals surface area contributed by atoms with Crippen molar-refractivity contribution in [2.24, 2.45) is 11.8 Å². The molecule has 0 aromatic heterocycles. The van der Waals surface area contributed by atoms with Crippen molar-refractivity contribution in [1.82, 2.24) is 0 Å². The molecule has 0 saturated carbocycles. The summed E-state index contributed by atoms with van der Waals surface area (Å²) < 4.78 is 0. The van der Waals surface area contributed by atoms with E-state index in [2.05, 4.69) is 16.6 Å². The second-order valence-electron chi connectivity index (χ2n) is 2.74. The van der Waals surface area contributed by atoms with Gasteiger partial charge in [0.1, 0.15) is 0 Å². The summed E-state index contributed by atoms with van der Waals surface area (Å²) in [6.45, 7) is 0.723. The second kappa shape index (κ2) is 4.99. The van der Waals surface area contributed by atoms with Crippen LogP contribution < -0.4 is 5.90 Å². The first-order valence-electron chi connectivity index (χ1n) is 3.83. The number of thioether (sulfide) groups is 1. The quantitative estimate of drug-likeness (QED) is 0.500. The minimum atomic E-state index is 0.723. The van der Waals surface area contributed by atoms with Crippen molar-refractivity contribution >= 4 is 11.8 Å². The molecule has 1 heterocycles. The van der Waals surface area contributed by atoms with Crippen molar-refractivity contribution in [1.29, 1.82) is 0 Å². The summed E-state index contributed by atoms with van der Waals surface area (Å²) in [7, 11) is 0. The molecule has 0 radical (unpaired) electrons. The number of hydrogen-bond donors (Lipinski definition) is 1. The molecule has 2 nitrogen and oxygen atoms in total. The van der Waals surface area contributed by atoms with Gasteiger partial charge in [-0.25, -0.2) is 5.90 Å². The lowest BCUT2D eigenvalue weighted by Crippen LogP contribution is -2.04. The average molecular weight is 161 g/mol. The monoisotopic (exact) mass is 161 g/mol. The fourth-order valence-electron chi connectivity index (χ4n) is 1.27. The molecule has 1 aliphatic rings. The van der Waals surface area contributed by atoms with Crippen LogP contribution in [0.1, 0.15) is 19.3 Å². The van der Waals surface area contributed by atoms with Crippen LogP contribution in [0.3, 0.4) is 0 Å². The molecule has 10 heavy (non-hydrogen) atoms. The Labute approximate surface area is 66.5 Å². The van der Waals surface area contributed by atoms with Gasteiger partial charge in [-0.2, -0.15) is 11.8 Å². The van der Waals surface area contributed by atoms with Crippen LogP contribution >= 0.6 is 11.8 Å². The molecule has 0 aromatic carbocycles. The van der Waals surface area contributed by atoms with Crippen molar-refractivity contribution in [3.63, 3.8) is 0 Å². The van der Waals surface area contributed by atoms with E-state index in [-0.39, 0.29) is 0 Å². The van der Waals surface area contributed by atoms with Crippen LogP contribution in [-0.4, -0.2) is 18.1 Å². The van der Waals surface area contributed by atoms with Crippen molar-refractivity contribution in [2.45, 2.75) is 19.3 Å². The highest BCUT2D eigenvalue weighted by molar-refractivity contribution is 7.99. The van der Waals surface area contributed by atoms with Crippen LogP contribution in [-0.2, 0) is 4.84 Å². The predicted molar refractivity (Wildman–Crippen MR) is 44.8 cm³/mol. The van der Waals surface area contributed by atoms with Crippen molar-refractivity contribution < 1.29 is 4.84 Å². The fraction of sp³-hybridized carbons (Fsp3) is 1.00. The second-order valence-corrected chi connectivity index (χ2v) is 3.89. The zero-order valence-electron chi connectivity index (χ0n) is 6.21. The van der Waals surface area contributed by atoms with E-state index in [4.69, 9.17) is 5.90 Å². The molecule has 1 aliphatic heterocycles. The molecular formula is C7H15NOS. The van der Waals surface area contributed by atoms with Crippen LogP contribution in [0.15, 0.2) is 0 Å². The standard InChI is InChI=1S/C7H15NOS/c8-9-4-1-2-7-3-5-10-6-7/h7H,1-6,8H2. The average Bonchev–Trinajstić information content (AvgIpc) is 2.41. The van der Waals surface area contributed by atoms with Gasteiger partial charge in [-0.15, -0.1) is 0 Å². The van der Waals surface area contributed by atoms with Gasteiger partial charge in [0.25, 0.3) is 0 Å². The number of rotatable bonds is 4. The molecule has 1 unspecified atom stereocenters. The third kappa shape index (κ3) is 2.90. The Kier molecular flexibility index (Phi) is 4.18. The zero-order valence-corrected chi connectivity index (χ0v) is 7.03. The van der Waals surface area contributed by atoms with Gasteiger partial charge >= 0.3 is 0 Å². The smallest absolute Gasteiger partial charge is 0.0679 e. The highest BCUT2D eigenvalue weighted by Crippen LogP contribution is 2.26. The van der Waals surface area contributed by atoms with Crippen LogP contribution in [0.2, 0.25) is 0 Å². The minimum Gasteiger partial charge on any atom is -0.305 e. The Hall–Kier alpha value is 0.270. The lowest BCUT2D eigenvalue weighted by atomic mass is 10.0. The number of hydrogen-bond acceptors (Lipinski definition) is 3. The van der Waals surface area contributed by atoms with Crippen LogP contribution in [0.4, 0.5) is 0 Å². The van der Waals surface area contributed by atoms with E-state index in [9.17, 15) is 0 Å². The summed E-state index contributed by atoms with van der Waals surface area (Å²) in [5, 5.41) is 0. The summed E-state index contributed by atoms with van der Waals surface area (Å²) in [6.07, 6.45) is 3.82. The Morgan fingerprint density at radius 1 is 1.60 bits per heavy atom. The topological polar surface area (TPSA) is 35.2 Å². The zero-order chi connectivity index (χ0) is 7.23. The molecule has 0 amide bonds. The predicted octanol–water partition coefficient (Wildman–Crippen LogP) is 1.41. The maximum atomic E-state index is 4.91. The van der Waals surface area contributed by atoms with Crippen molar-refractivity contribution in [2.75, 3.05) is 18.1 Å². The van der Waals surface area contributed by atoms with E-state index >= 15 is 0 Å². The van der Waals surface area contributed by atoms with Crippen molar-refractivity contribution in [3.8, 4) is 0 Å². The van der Waals surface area contributed by atoms with Gasteiger partial charge in [-0.1, -0.05) is 0 Å². The molecule has 1 saturated heterocycles. The van der Waals surface area contributed by atoms with Gasteiger partial charge in [0, 0.05) is 0 Å². The largest absolute Gasteiger partial charge is 0.305 e. The van der Waals surface area contributed by atoms with E-state index in [1.165, 1.54) is 24.3 Å². The van der Waals surface area contributed by atoms with Gasteiger partial charge in [0.05, 0.1) is 6.61 Å². The molecule has 2 N–H and O–H groups in total. The lowest BCUT2D eigenvalue weighted by molar-refractivity contribution is 0.131. The molecule has 1 rings (SSSR count). The summed E-state index contributed by atoms with van der Waals surface area (Å²) in [4.78, 5) is 4.49. The lowest BCUT2D eigenvalue weighted by Gasteiger charge is -2.05. The Morgan fingerprint density at radius 2 is 2.50 bits per heavy atom. The highest BCUT2D eigenvalue weighted by atomic mass is 32.2. The normalized spacial score (nSPS) is 25.5. The highest BCUT2D eigenvalue weighted by Gasteiger charge is 2.14. The first kappa shape index (κ1) is 8.37. The Morgan fingerprint density at radius 3 is 3.10 bits per heavy atom. The molecule has 1 atom stereocenters. The van der Waals surface area contributed by atoms with Crippen LogP contribution in [0, 0.1) is 5.92 Å². The molecule has 0 spiro atoms. The summed E-state index contributed by atoms with van der Waals surface area (Å²) >= 11 is 2.07. The number of nitrogens with two attached hydrogens (primary N) is 1. The maximum Gasteiger partial charge on any atom is 0.0679 e. The van der Waals surface area contributed by atoms with Crippen molar-refractivity contribution in [3.05, 3.63) is 0 Å². The van der Waals surface area contributed by atoms with E-state index in [0.29, 0.717) is 0 Å². The van der Waals surface area contributed by atoms with Gasteiger partial charge in [-0.05, 0) is 36.7 Å². The third-order valence-corrected chi connectivity index (χ3v) is 3.13. The van der Waals surface area contributed by atoms with E-state index in [1.807, 2.05) is 0 Å². The van der Waals surface area contributed by atoms with Gasteiger partial charge < -0.3 is 4.84 Å². The molecule has 60 valence electrons. The SMILES string of the molecule is NOCCCC1CCSC1.